The fraction of sp³-hybridized carbons (Fsp3) is 0.0526. The number of hydrogen-bond acceptors (Lipinski definition) is 4. The van der Waals surface area contributed by atoms with Crippen LogP contribution in [-0.2, 0) is 0 Å². The number of aromatic nitrogens is 2. The Morgan fingerprint density at radius 1 is 1.12 bits per heavy atom. The summed E-state index contributed by atoms with van der Waals surface area (Å²) in [7, 11) is 0. The molecule has 5 heteroatoms. The van der Waals surface area contributed by atoms with Gasteiger partial charge in [0.2, 0.25) is 0 Å². The van der Waals surface area contributed by atoms with Crippen LogP contribution in [0.1, 0.15) is 5.56 Å². The minimum Gasteiger partial charge on any atom is -0.488 e. The highest BCUT2D eigenvalue weighted by molar-refractivity contribution is 7.15. The molecule has 1 aliphatic rings. The first kappa shape index (κ1) is 13.5. The molecule has 0 bridgehead atoms. The van der Waals surface area contributed by atoms with E-state index < -0.39 is 0 Å². The van der Waals surface area contributed by atoms with Crippen LogP contribution in [0.5, 0.6) is 5.75 Å². The van der Waals surface area contributed by atoms with Gasteiger partial charge in [-0.15, -0.1) is 0 Å². The van der Waals surface area contributed by atoms with E-state index in [4.69, 9.17) is 4.74 Å². The summed E-state index contributed by atoms with van der Waals surface area (Å²) in [5.74, 6) is 0.879. The highest BCUT2D eigenvalue weighted by Crippen LogP contribution is 2.26. The monoisotopic (exact) mass is 332 g/mol. The molecule has 5 rings (SSSR count). The lowest BCUT2D eigenvalue weighted by atomic mass is 10.1. The molecule has 0 unspecified atom stereocenters. The average molecular weight is 332 g/mol. The number of nitrogens with zero attached hydrogens (tertiary/aromatic N) is 2. The summed E-state index contributed by atoms with van der Waals surface area (Å²) in [6.45, 7) is 0.470. The molecule has 0 aliphatic carbocycles. The second-order valence-electron chi connectivity index (χ2n) is 5.68. The van der Waals surface area contributed by atoms with Crippen molar-refractivity contribution in [2.45, 2.75) is 0 Å². The van der Waals surface area contributed by atoms with Crippen molar-refractivity contribution in [2.24, 2.45) is 0 Å². The topological polar surface area (TPSA) is 43.6 Å². The first-order valence-electron chi connectivity index (χ1n) is 7.64. The van der Waals surface area contributed by atoms with Gasteiger partial charge in [0.1, 0.15) is 12.4 Å². The third kappa shape index (κ3) is 1.98. The summed E-state index contributed by atoms with van der Waals surface area (Å²) < 4.78 is 8.12. The molecule has 0 amide bonds. The molecular formula is C19H12N2O2S. The standard InChI is InChI=1S/C19H12N2O2S/c22-18-17(10-12-9-13-5-1-4-8-16(13)23-11-12)24-19-20-14-6-2-3-7-15(14)21(18)19/h1-10H,11H2/b17-10-. The van der Waals surface area contributed by atoms with E-state index >= 15 is 0 Å². The van der Waals surface area contributed by atoms with E-state index in [9.17, 15) is 4.79 Å². The average Bonchev–Trinajstić information content (AvgIpc) is 3.12. The van der Waals surface area contributed by atoms with Gasteiger partial charge in [0.05, 0.1) is 15.6 Å². The molecule has 0 saturated carbocycles. The maximum Gasteiger partial charge on any atom is 0.274 e. The van der Waals surface area contributed by atoms with E-state index in [2.05, 4.69) is 11.1 Å². The van der Waals surface area contributed by atoms with Crippen molar-refractivity contribution in [2.75, 3.05) is 6.61 Å². The molecule has 1 aliphatic heterocycles. The minimum atomic E-state index is -0.0246. The van der Waals surface area contributed by atoms with Gasteiger partial charge in [-0.2, -0.15) is 0 Å². The Labute approximate surface area is 140 Å². The summed E-state index contributed by atoms with van der Waals surface area (Å²) in [5, 5.41) is 0. The summed E-state index contributed by atoms with van der Waals surface area (Å²) >= 11 is 1.41. The quantitative estimate of drug-likeness (QED) is 0.538. The molecular weight excluding hydrogens is 320 g/mol. The van der Waals surface area contributed by atoms with Gasteiger partial charge in [0, 0.05) is 5.56 Å². The van der Waals surface area contributed by atoms with Crippen LogP contribution in [0.3, 0.4) is 0 Å². The molecule has 0 radical (unpaired) electrons. The van der Waals surface area contributed by atoms with Crippen LogP contribution in [0.25, 0.3) is 28.1 Å². The number of imidazole rings is 1. The Hall–Kier alpha value is -2.92. The van der Waals surface area contributed by atoms with Crippen molar-refractivity contribution in [1.82, 2.24) is 9.38 Å². The van der Waals surface area contributed by atoms with E-state index in [1.807, 2.05) is 54.6 Å². The predicted molar refractivity (Wildman–Crippen MR) is 96.4 cm³/mol. The number of hydrogen-bond donors (Lipinski definition) is 0. The van der Waals surface area contributed by atoms with Crippen LogP contribution in [0.15, 0.2) is 58.9 Å². The highest BCUT2D eigenvalue weighted by atomic mass is 32.1. The van der Waals surface area contributed by atoms with Crippen molar-refractivity contribution >= 4 is 39.5 Å². The van der Waals surface area contributed by atoms with E-state index in [-0.39, 0.29) is 5.56 Å². The number of para-hydroxylation sites is 3. The lowest BCUT2D eigenvalue weighted by Gasteiger charge is -2.15. The fourth-order valence-corrected chi connectivity index (χ4v) is 4.00. The molecule has 4 nitrogen and oxygen atoms in total. The lowest BCUT2D eigenvalue weighted by Crippen LogP contribution is -2.23. The zero-order valence-electron chi connectivity index (χ0n) is 12.6. The number of ether oxygens (including phenoxy) is 1. The van der Waals surface area contributed by atoms with E-state index in [1.54, 1.807) is 4.40 Å². The van der Waals surface area contributed by atoms with Crippen LogP contribution < -0.4 is 14.8 Å². The highest BCUT2D eigenvalue weighted by Gasteiger charge is 2.13. The van der Waals surface area contributed by atoms with Crippen molar-refractivity contribution < 1.29 is 4.74 Å². The van der Waals surface area contributed by atoms with Gasteiger partial charge in [-0.1, -0.05) is 41.7 Å². The zero-order valence-corrected chi connectivity index (χ0v) is 13.4. The Bertz CT molecular complexity index is 1230. The second-order valence-corrected chi connectivity index (χ2v) is 6.69. The van der Waals surface area contributed by atoms with Crippen LogP contribution in [-0.4, -0.2) is 16.0 Å². The second kappa shape index (κ2) is 5.04. The van der Waals surface area contributed by atoms with E-state index in [1.165, 1.54) is 11.3 Å². The normalized spacial score (nSPS) is 14.7. The zero-order chi connectivity index (χ0) is 16.1. The van der Waals surface area contributed by atoms with Gasteiger partial charge < -0.3 is 4.74 Å². The smallest absolute Gasteiger partial charge is 0.274 e. The van der Waals surface area contributed by atoms with Crippen molar-refractivity contribution in [1.29, 1.82) is 0 Å². The molecule has 0 N–H and O–H groups in total. The maximum atomic E-state index is 12.8. The van der Waals surface area contributed by atoms with Crippen LogP contribution in [0.4, 0.5) is 0 Å². The Kier molecular flexibility index (Phi) is 2.84. The molecule has 0 fully saturated rings. The summed E-state index contributed by atoms with van der Waals surface area (Å²) in [4.78, 5) is 18.0. The Morgan fingerprint density at radius 2 is 1.96 bits per heavy atom. The molecule has 0 atom stereocenters. The predicted octanol–water partition coefficient (Wildman–Crippen LogP) is 2.88. The molecule has 4 aromatic rings. The van der Waals surface area contributed by atoms with Crippen LogP contribution in [0.2, 0.25) is 0 Å². The number of thiazole rings is 1. The van der Waals surface area contributed by atoms with Crippen molar-refractivity contribution in [3.8, 4) is 5.75 Å². The molecule has 24 heavy (non-hydrogen) atoms. The van der Waals surface area contributed by atoms with Gasteiger partial charge >= 0.3 is 0 Å². The molecule has 3 heterocycles. The largest absolute Gasteiger partial charge is 0.488 e. The number of benzene rings is 2. The summed E-state index contributed by atoms with van der Waals surface area (Å²) in [6.07, 6.45) is 3.98. The van der Waals surface area contributed by atoms with Gasteiger partial charge in [-0.05, 0) is 35.9 Å². The molecule has 2 aromatic heterocycles. The lowest BCUT2D eigenvalue weighted by molar-refractivity contribution is 0.352. The van der Waals surface area contributed by atoms with Gasteiger partial charge in [0.15, 0.2) is 4.96 Å². The third-order valence-electron chi connectivity index (χ3n) is 4.12. The molecule has 2 aromatic carbocycles. The maximum absolute atomic E-state index is 12.8. The first-order chi connectivity index (χ1) is 11.8. The Balaban J connectivity index is 1.70. The van der Waals surface area contributed by atoms with Gasteiger partial charge in [-0.25, -0.2) is 9.38 Å². The Morgan fingerprint density at radius 3 is 2.92 bits per heavy atom. The van der Waals surface area contributed by atoms with Crippen LogP contribution >= 0.6 is 11.3 Å². The third-order valence-corrected chi connectivity index (χ3v) is 5.08. The van der Waals surface area contributed by atoms with E-state index in [0.29, 0.717) is 11.1 Å². The molecule has 0 saturated heterocycles. The van der Waals surface area contributed by atoms with E-state index in [0.717, 1.165) is 32.9 Å². The first-order valence-corrected chi connectivity index (χ1v) is 8.45. The number of fused-ring (bicyclic) bond motifs is 4. The van der Waals surface area contributed by atoms with Crippen LogP contribution in [0, 0.1) is 0 Å². The molecule has 0 spiro atoms. The summed E-state index contributed by atoms with van der Waals surface area (Å²) in [5.41, 5.74) is 3.70. The van der Waals surface area contributed by atoms with Gasteiger partial charge in [-0.3, -0.25) is 4.79 Å². The van der Waals surface area contributed by atoms with Crippen molar-refractivity contribution in [3.63, 3.8) is 0 Å². The van der Waals surface area contributed by atoms with Gasteiger partial charge in [0.25, 0.3) is 5.56 Å². The SMILES string of the molecule is O=c1/c(=C/C2=Cc3ccccc3OC2)sc2nc3ccccc3n12. The molecule has 116 valence electrons. The minimum absolute atomic E-state index is 0.0246. The van der Waals surface area contributed by atoms with Crippen molar-refractivity contribution in [3.05, 3.63) is 74.6 Å². The fourth-order valence-electron chi connectivity index (χ4n) is 3.00. The number of rotatable bonds is 1. The summed E-state index contributed by atoms with van der Waals surface area (Å²) in [6, 6.07) is 15.6.